The molecule has 0 amide bonds. The number of hydrogen-bond donors (Lipinski definition) is 1. The van der Waals surface area contributed by atoms with Gasteiger partial charge in [-0.15, -0.1) is 0 Å². The van der Waals surface area contributed by atoms with Crippen molar-refractivity contribution in [2.75, 3.05) is 4.72 Å². The van der Waals surface area contributed by atoms with E-state index in [1.165, 1.54) is 18.2 Å². The molecule has 0 saturated carbocycles. The Bertz CT molecular complexity index is 730. The number of pyridine rings is 1. The van der Waals surface area contributed by atoms with Crippen LogP contribution in [0.25, 0.3) is 6.08 Å². The number of benzene rings is 1. The Hall–Kier alpha value is -1.92. The molecule has 0 aliphatic rings. The quantitative estimate of drug-likeness (QED) is 0.881. The molecule has 0 atom stereocenters. The zero-order valence-corrected chi connectivity index (χ0v) is 11.7. The van der Waals surface area contributed by atoms with Crippen LogP contribution in [0.15, 0.2) is 47.9 Å². The highest BCUT2D eigenvalue weighted by Crippen LogP contribution is 2.12. The Morgan fingerprint density at radius 3 is 2.50 bits per heavy atom. The molecule has 0 aliphatic heterocycles. The predicted molar refractivity (Wildman–Crippen MR) is 77.2 cm³/mol. The summed E-state index contributed by atoms with van der Waals surface area (Å²) in [5.74, 6) is -0.836. The molecule has 0 bridgehead atoms. The highest BCUT2D eigenvalue weighted by molar-refractivity contribution is 7.95. The van der Waals surface area contributed by atoms with E-state index in [1.54, 1.807) is 24.3 Å². The molecule has 7 heteroatoms. The topological polar surface area (TPSA) is 59.1 Å². The van der Waals surface area contributed by atoms with Gasteiger partial charge in [-0.25, -0.2) is 13.4 Å². The van der Waals surface area contributed by atoms with Crippen molar-refractivity contribution in [1.29, 1.82) is 0 Å². The van der Waals surface area contributed by atoms with Crippen molar-refractivity contribution in [1.82, 2.24) is 4.98 Å². The summed E-state index contributed by atoms with van der Waals surface area (Å²) in [5.41, 5.74) is 0.673. The van der Waals surface area contributed by atoms with Crippen molar-refractivity contribution >= 4 is 33.5 Å². The van der Waals surface area contributed by atoms with Crippen LogP contribution in [0.2, 0.25) is 5.02 Å². The van der Waals surface area contributed by atoms with E-state index in [1.807, 2.05) is 0 Å². The first-order valence-electron chi connectivity index (χ1n) is 5.54. The molecule has 104 valence electrons. The number of halogens is 2. The molecule has 0 fully saturated rings. The van der Waals surface area contributed by atoms with Gasteiger partial charge in [-0.1, -0.05) is 29.8 Å². The highest BCUT2D eigenvalue weighted by Gasteiger charge is 2.07. The Morgan fingerprint density at radius 1 is 1.15 bits per heavy atom. The predicted octanol–water partition coefficient (Wildman–Crippen LogP) is 3.29. The molecule has 0 aliphatic carbocycles. The maximum atomic E-state index is 12.9. The van der Waals surface area contributed by atoms with E-state index in [2.05, 4.69) is 9.71 Å². The van der Waals surface area contributed by atoms with Gasteiger partial charge in [0, 0.05) is 5.02 Å². The second-order valence-corrected chi connectivity index (χ2v) is 5.85. The van der Waals surface area contributed by atoms with Crippen molar-refractivity contribution < 1.29 is 12.8 Å². The van der Waals surface area contributed by atoms with Crippen LogP contribution >= 0.6 is 11.6 Å². The lowest BCUT2D eigenvalue weighted by Gasteiger charge is -2.02. The summed E-state index contributed by atoms with van der Waals surface area (Å²) in [7, 11) is -3.75. The molecule has 0 unspecified atom stereocenters. The first-order valence-corrected chi connectivity index (χ1v) is 7.46. The van der Waals surface area contributed by atoms with E-state index in [9.17, 15) is 12.8 Å². The minimum atomic E-state index is -3.75. The molecule has 2 rings (SSSR count). The summed E-state index contributed by atoms with van der Waals surface area (Å²) in [6.45, 7) is 0. The number of anilines is 1. The maximum absolute atomic E-state index is 12.9. The Labute approximate surface area is 121 Å². The van der Waals surface area contributed by atoms with E-state index in [0.29, 0.717) is 10.6 Å². The third-order valence-electron chi connectivity index (χ3n) is 2.27. The smallest absolute Gasteiger partial charge is 0.256 e. The van der Waals surface area contributed by atoms with Crippen LogP contribution in [-0.4, -0.2) is 13.4 Å². The van der Waals surface area contributed by atoms with Gasteiger partial charge in [0.25, 0.3) is 10.0 Å². The molecular weight excluding hydrogens is 303 g/mol. The van der Waals surface area contributed by atoms with Gasteiger partial charge in [-0.2, -0.15) is 4.39 Å². The van der Waals surface area contributed by atoms with Crippen LogP contribution in [0.1, 0.15) is 5.56 Å². The van der Waals surface area contributed by atoms with Gasteiger partial charge in [0.2, 0.25) is 5.95 Å². The molecule has 0 saturated heterocycles. The molecule has 20 heavy (non-hydrogen) atoms. The molecule has 4 nitrogen and oxygen atoms in total. The van der Waals surface area contributed by atoms with Gasteiger partial charge >= 0.3 is 0 Å². The first kappa shape index (κ1) is 14.5. The average molecular weight is 313 g/mol. The summed E-state index contributed by atoms with van der Waals surface area (Å²) >= 11 is 5.73. The zero-order chi connectivity index (χ0) is 14.6. The lowest BCUT2D eigenvalue weighted by Crippen LogP contribution is -2.10. The van der Waals surface area contributed by atoms with Crippen LogP contribution in [0, 0.1) is 5.95 Å². The summed E-state index contributed by atoms with van der Waals surface area (Å²) in [4.78, 5) is 3.42. The molecule has 0 spiro atoms. The molecule has 1 aromatic carbocycles. The first-order chi connectivity index (χ1) is 9.44. The van der Waals surface area contributed by atoms with E-state index in [0.717, 1.165) is 11.5 Å². The third kappa shape index (κ3) is 4.32. The lowest BCUT2D eigenvalue weighted by atomic mass is 10.2. The van der Waals surface area contributed by atoms with Gasteiger partial charge in [-0.3, -0.25) is 4.72 Å². The summed E-state index contributed by atoms with van der Waals surface area (Å²) in [6, 6.07) is 10.5. The van der Waals surface area contributed by atoms with Crippen LogP contribution in [0.3, 0.4) is 0 Å². The van der Waals surface area contributed by atoms with Gasteiger partial charge in [-0.05, 0) is 35.9 Å². The fourth-order valence-corrected chi connectivity index (χ4v) is 2.32. The number of nitrogens with zero attached hydrogens (tertiary/aromatic N) is 1. The van der Waals surface area contributed by atoms with Crippen LogP contribution in [0.4, 0.5) is 10.2 Å². The van der Waals surface area contributed by atoms with Gasteiger partial charge < -0.3 is 0 Å². The van der Waals surface area contributed by atoms with Gasteiger partial charge in [0.05, 0.1) is 5.41 Å². The maximum Gasteiger partial charge on any atom is 0.256 e. The van der Waals surface area contributed by atoms with Crippen LogP contribution in [-0.2, 0) is 10.0 Å². The largest absolute Gasteiger partial charge is 0.264 e. The second-order valence-electron chi connectivity index (χ2n) is 3.85. The van der Waals surface area contributed by atoms with Crippen molar-refractivity contribution in [3.8, 4) is 0 Å². The van der Waals surface area contributed by atoms with Crippen molar-refractivity contribution in [3.05, 3.63) is 64.4 Å². The molecule has 1 aromatic heterocycles. The van der Waals surface area contributed by atoms with Crippen LogP contribution in [0.5, 0.6) is 0 Å². The standard InChI is InChI=1S/C13H10ClFN2O2S/c14-11-6-4-10(5-7-11)8-9-20(18,19)17-13-3-1-2-12(15)16-13/h1-9H,(H,16,17)/b9-8+. The van der Waals surface area contributed by atoms with Crippen molar-refractivity contribution in [2.45, 2.75) is 0 Å². The van der Waals surface area contributed by atoms with E-state index in [-0.39, 0.29) is 5.82 Å². The summed E-state index contributed by atoms with van der Waals surface area (Å²) in [6.07, 6.45) is 1.40. The minimum Gasteiger partial charge on any atom is -0.264 e. The summed E-state index contributed by atoms with van der Waals surface area (Å²) in [5, 5.41) is 1.54. The summed E-state index contributed by atoms with van der Waals surface area (Å²) < 4.78 is 38.5. The fraction of sp³-hybridized carbons (Fsp3) is 0. The van der Waals surface area contributed by atoms with Crippen LogP contribution < -0.4 is 4.72 Å². The normalized spacial score (nSPS) is 11.7. The minimum absolute atomic E-state index is 0.0780. The Morgan fingerprint density at radius 2 is 1.85 bits per heavy atom. The second kappa shape index (κ2) is 6.02. The Balaban J connectivity index is 2.13. The molecule has 1 N–H and O–H groups in total. The molecule has 0 radical (unpaired) electrons. The molecule has 2 aromatic rings. The lowest BCUT2D eigenvalue weighted by molar-refractivity contribution is 0.585. The van der Waals surface area contributed by atoms with Crippen molar-refractivity contribution in [2.24, 2.45) is 0 Å². The number of rotatable bonds is 4. The van der Waals surface area contributed by atoms with E-state index < -0.39 is 16.0 Å². The van der Waals surface area contributed by atoms with Crippen molar-refractivity contribution in [3.63, 3.8) is 0 Å². The van der Waals surface area contributed by atoms with Gasteiger partial charge in [0.1, 0.15) is 5.82 Å². The monoisotopic (exact) mass is 312 g/mol. The zero-order valence-electron chi connectivity index (χ0n) is 10.1. The van der Waals surface area contributed by atoms with E-state index >= 15 is 0 Å². The number of nitrogens with one attached hydrogen (secondary N) is 1. The average Bonchev–Trinajstić information content (AvgIpc) is 2.37. The number of hydrogen-bond acceptors (Lipinski definition) is 3. The number of sulfonamides is 1. The molecule has 1 heterocycles. The fourth-order valence-electron chi connectivity index (χ4n) is 1.39. The third-order valence-corrected chi connectivity index (χ3v) is 3.51. The van der Waals surface area contributed by atoms with Gasteiger partial charge in [0.15, 0.2) is 0 Å². The number of aromatic nitrogens is 1. The highest BCUT2D eigenvalue weighted by atomic mass is 35.5. The SMILES string of the molecule is O=S(=O)(/C=C/c1ccc(Cl)cc1)Nc1cccc(F)n1. The molecular formula is C13H10ClFN2O2S. The Kier molecular flexibility index (Phi) is 4.36. The van der Waals surface area contributed by atoms with E-state index in [4.69, 9.17) is 11.6 Å².